The van der Waals surface area contributed by atoms with E-state index in [-0.39, 0.29) is 27.9 Å². The van der Waals surface area contributed by atoms with Crippen molar-refractivity contribution in [3.8, 4) is 0 Å². The normalized spacial score (nSPS) is 7.50. The summed E-state index contributed by atoms with van der Waals surface area (Å²) in [5, 5.41) is 15.2. The van der Waals surface area contributed by atoms with Crippen molar-refractivity contribution in [2.24, 2.45) is 0 Å². The SMILES string of the molecule is O=COCCOC=O.OCCO.[HH]. The fraction of sp³-hybridized carbons (Fsp3) is 0.667. The van der Waals surface area contributed by atoms with Crippen molar-refractivity contribution in [3.05, 3.63) is 0 Å². The first-order valence-electron chi connectivity index (χ1n) is 3.15. The Morgan fingerprint density at radius 1 is 1.00 bits per heavy atom. The maximum Gasteiger partial charge on any atom is 0.293 e. The van der Waals surface area contributed by atoms with Crippen molar-refractivity contribution in [3.63, 3.8) is 0 Å². The van der Waals surface area contributed by atoms with Crippen molar-refractivity contribution in [1.29, 1.82) is 0 Å². The van der Waals surface area contributed by atoms with E-state index >= 15 is 0 Å². The lowest BCUT2D eigenvalue weighted by molar-refractivity contribution is -0.136. The van der Waals surface area contributed by atoms with Gasteiger partial charge >= 0.3 is 0 Å². The summed E-state index contributed by atoms with van der Waals surface area (Å²) in [5.41, 5.74) is 0. The Balaban J connectivity index is -0.000000173. The molecule has 0 amide bonds. The molecular formula is C6H14O6. The van der Waals surface area contributed by atoms with E-state index in [1.165, 1.54) is 0 Å². The van der Waals surface area contributed by atoms with Gasteiger partial charge in [0.2, 0.25) is 0 Å². The zero-order chi connectivity index (χ0) is 9.66. The van der Waals surface area contributed by atoms with E-state index in [9.17, 15) is 9.59 Å². The Kier molecular flexibility index (Phi) is 18.4. The molecule has 0 aromatic heterocycles. The first-order chi connectivity index (χ1) is 5.83. The largest absolute Gasteiger partial charge is 0.464 e. The second-order valence-electron chi connectivity index (χ2n) is 1.38. The van der Waals surface area contributed by atoms with Crippen LogP contribution in [0.5, 0.6) is 0 Å². The minimum Gasteiger partial charge on any atom is -0.464 e. The molecule has 0 rings (SSSR count). The number of carbonyl (C=O) groups is 2. The summed E-state index contributed by atoms with van der Waals surface area (Å²) in [6, 6.07) is 0. The van der Waals surface area contributed by atoms with Crippen molar-refractivity contribution in [2.45, 2.75) is 0 Å². The molecule has 0 radical (unpaired) electrons. The Morgan fingerprint density at radius 3 is 1.50 bits per heavy atom. The first kappa shape index (κ1) is 13.4. The molecule has 12 heavy (non-hydrogen) atoms. The molecule has 0 spiro atoms. The molecule has 0 aliphatic carbocycles. The smallest absolute Gasteiger partial charge is 0.293 e. The topological polar surface area (TPSA) is 93.1 Å². The lowest BCUT2D eigenvalue weighted by Crippen LogP contribution is -2.00. The van der Waals surface area contributed by atoms with Gasteiger partial charge in [-0.3, -0.25) is 9.59 Å². The van der Waals surface area contributed by atoms with Crippen LogP contribution in [0.2, 0.25) is 0 Å². The molecule has 0 aliphatic heterocycles. The second kappa shape index (κ2) is 16.4. The van der Waals surface area contributed by atoms with Gasteiger partial charge in [0.15, 0.2) is 0 Å². The molecule has 0 atom stereocenters. The summed E-state index contributed by atoms with van der Waals surface area (Å²) in [7, 11) is 0. The predicted octanol–water partition coefficient (Wildman–Crippen LogP) is -1.45. The summed E-state index contributed by atoms with van der Waals surface area (Å²) in [4.78, 5) is 18.8. The van der Waals surface area contributed by atoms with E-state index in [1.54, 1.807) is 0 Å². The van der Waals surface area contributed by atoms with E-state index in [4.69, 9.17) is 10.2 Å². The molecule has 0 aromatic rings. The van der Waals surface area contributed by atoms with Gasteiger partial charge in [0.05, 0.1) is 13.2 Å². The van der Waals surface area contributed by atoms with E-state index in [2.05, 4.69) is 9.47 Å². The third kappa shape index (κ3) is 23.2. The maximum absolute atomic E-state index is 9.40. The number of hydrogen-bond acceptors (Lipinski definition) is 6. The number of carbonyl (C=O) groups excluding carboxylic acids is 2. The molecule has 2 N–H and O–H groups in total. The second-order valence-corrected chi connectivity index (χ2v) is 1.38. The molecule has 0 unspecified atom stereocenters. The molecule has 0 bridgehead atoms. The minimum atomic E-state index is -0.125. The Hall–Kier alpha value is -1.14. The van der Waals surface area contributed by atoms with Gasteiger partial charge in [-0.25, -0.2) is 0 Å². The minimum absolute atomic E-state index is 0. The standard InChI is InChI=1S/C4H6O4.C2H6O2.H2/c5-3-7-1-2-8-4-6;3-1-2-4;/h3-4H,1-2H2;3-4H,1-2H2;1H. The van der Waals surface area contributed by atoms with Crippen molar-refractivity contribution < 1.29 is 30.7 Å². The zero-order valence-corrected chi connectivity index (χ0v) is 6.51. The van der Waals surface area contributed by atoms with Gasteiger partial charge in [-0.1, -0.05) is 0 Å². The predicted molar refractivity (Wildman–Crippen MR) is 40.3 cm³/mol. The Bertz CT molecular complexity index is 87.1. The molecule has 6 heteroatoms. The fourth-order valence-electron chi connectivity index (χ4n) is 0.192. The molecule has 6 nitrogen and oxygen atoms in total. The average molecular weight is 182 g/mol. The summed E-state index contributed by atoms with van der Waals surface area (Å²) in [6.07, 6.45) is 0. The highest BCUT2D eigenvalue weighted by Gasteiger charge is 1.81. The van der Waals surface area contributed by atoms with Gasteiger partial charge in [-0.2, -0.15) is 0 Å². The van der Waals surface area contributed by atoms with Crippen LogP contribution in [0.4, 0.5) is 0 Å². The molecule has 74 valence electrons. The van der Waals surface area contributed by atoms with Crippen molar-refractivity contribution in [2.75, 3.05) is 26.4 Å². The van der Waals surface area contributed by atoms with Crippen molar-refractivity contribution in [1.82, 2.24) is 0 Å². The molecular weight excluding hydrogens is 168 g/mol. The van der Waals surface area contributed by atoms with Crippen LogP contribution in [-0.2, 0) is 19.1 Å². The van der Waals surface area contributed by atoms with Crippen molar-refractivity contribution >= 4 is 12.9 Å². The van der Waals surface area contributed by atoms with Crippen LogP contribution in [0.15, 0.2) is 0 Å². The van der Waals surface area contributed by atoms with Crippen LogP contribution < -0.4 is 0 Å². The zero-order valence-electron chi connectivity index (χ0n) is 6.51. The number of aliphatic hydroxyl groups is 2. The molecule has 0 aliphatic rings. The molecule has 0 saturated carbocycles. The van der Waals surface area contributed by atoms with Crippen LogP contribution in [-0.4, -0.2) is 49.6 Å². The fourth-order valence-corrected chi connectivity index (χ4v) is 0.192. The molecule has 0 saturated heterocycles. The average Bonchev–Trinajstić information content (AvgIpc) is 2.13. The van der Waals surface area contributed by atoms with Gasteiger partial charge in [0.1, 0.15) is 13.2 Å². The Labute approximate surface area is 71.2 Å². The summed E-state index contributed by atoms with van der Waals surface area (Å²) < 4.78 is 8.34. The Morgan fingerprint density at radius 2 is 1.33 bits per heavy atom. The van der Waals surface area contributed by atoms with Gasteiger partial charge in [-0.15, -0.1) is 0 Å². The summed E-state index contributed by atoms with van der Waals surface area (Å²) in [6.45, 7) is 0.604. The first-order valence-corrected chi connectivity index (χ1v) is 3.15. The summed E-state index contributed by atoms with van der Waals surface area (Å²) >= 11 is 0. The highest BCUT2D eigenvalue weighted by molar-refractivity contribution is 5.38. The lowest BCUT2D eigenvalue weighted by atomic mass is 10.8. The van der Waals surface area contributed by atoms with Gasteiger partial charge < -0.3 is 19.7 Å². The molecule has 0 heterocycles. The van der Waals surface area contributed by atoms with Crippen LogP contribution in [0.3, 0.4) is 0 Å². The van der Waals surface area contributed by atoms with E-state index in [1.807, 2.05) is 0 Å². The van der Waals surface area contributed by atoms with Crippen LogP contribution in [0.1, 0.15) is 1.43 Å². The number of hydrogen-bond donors (Lipinski definition) is 2. The third-order valence-corrected chi connectivity index (χ3v) is 0.555. The van der Waals surface area contributed by atoms with E-state index in [0.29, 0.717) is 12.9 Å². The number of rotatable bonds is 6. The monoisotopic (exact) mass is 182 g/mol. The van der Waals surface area contributed by atoms with E-state index in [0.717, 1.165) is 0 Å². The number of aliphatic hydroxyl groups excluding tert-OH is 2. The van der Waals surface area contributed by atoms with Gasteiger partial charge in [0.25, 0.3) is 12.9 Å². The number of ether oxygens (including phenoxy) is 2. The van der Waals surface area contributed by atoms with E-state index < -0.39 is 0 Å². The van der Waals surface area contributed by atoms with Crippen LogP contribution in [0, 0.1) is 0 Å². The lowest BCUT2D eigenvalue weighted by Gasteiger charge is -1.93. The molecule has 0 fully saturated rings. The van der Waals surface area contributed by atoms with Crippen LogP contribution in [0.25, 0.3) is 0 Å². The van der Waals surface area contributed by atoms with Gasteiger partial charge in [0, 0.05) is 1.43 Å². The highest BCUT2D eigenvalue weighted by Crippen LogP contribution is 1.68. The maximum atomic E-state index is 9.40. The third-order valence-electron chi connectivity index (χ3n) is 0.555. The summed E-state index contributed by atoms with van der Waals surface area (Å²) in [5.74, 6) is 0. The highest BCUT2D eigenvalue weighted by atomic mass is 16.6. The van der Waals surface area contributed by atoms with Crippen LogP contribution >= 0.6 is 0 Å². The van der Waals surface area contributed by atoms with Gasteiger partial charge in [-0.05, 0) is 0 Å². The molecule has 0 aromatic carbocycles. The quantitative estimate of drug-likeness (QED) is 0.385.